The van der Waals surface area contributed by atoms with Crippen LogP contribution in [0.3, 0.4) is 0 Å². The van der Waals surface area contributed by atoms with Gasteiger partial charge in [0.2, 0.25) is 17.7 Å². The molecule has 5 heteroatoms. The Hall–Kier alpha value is -2.95. The SMILES string of the molecule is C[C@@H](C(=O)Nc1cccc2ccccc12)N1C(=O)[C@@H]2[C@H](C1=O)[C@H]1C=C[C@H]2CC1. The molecule has 6 rings (SSSR count). The van der Waals surface area contributed by atoms with Crippen molar-refractivity contribution in [1.82, 2.24) is 4.90 Å². The summed E-state index contributed by atoms with van der Waals surface area (Å²) in [5.41, 5.74) is 0.688. The number of carbonyl (C=O) groups is 3. The van der Waals surface area contributed by atoms with Crippen molar-refractivity contribution in [1.29, 1.82) is 0 Å². The van der Waals surface area contributed by atoms with Gasteiger partial charge in [-0.2, -0.15) is 0 Å². The van der Waals surface area contributed by atoms with Crippen LogP contribution in [0.4, 0.5) is 5.69 Å². The topological polar surface area (TPSA) is 66.5 Å². The van der Waals surface area contributed by atoms with Crippen LogP contribution in [0.2, 0.25) is 0 Å². The van der Waals surface area contributed by atoms with E-state index >= 15 is 0 Å². The average Bonchev–Trinajstić information content (AvgIpc) is 3.01. The number of benzene rings is 2. The lowest BCUT2D eigenvalue weighted by molar-refractivity contribution is -0.146. The summed E-state index contributed by atoms with van der Waals surface area (Å²) in [6.07, 6.45) is 6.08. The van der Waals surface area contributed by atoms with Crippen molar-refractivity contribution in [3.8, 4) is 0 Å². The number of amides is 3. The van der Waals surface area contributed by atoms with Gasteiger partial charge in [-0.25, -0.2) is 0 Å². The predicted molar refractivity (Wildman–Crippen MR) is 106 cm³/mol. The van der Waals surface area contributed by atoms with Gasteiger partial charge in [0.15, 0.2) is 0 Å². The zero-order valence-corrected chi connectivity index (χ0v) is 15.7. The smallest absolute Gasteiger partial charge is 0.247 e. The molecule has 1 heterocycles. The van der Waals surface area contributed by atoms with Gasteiger partial charge in [0.25, 0.3) is 0 Å². The Morgan fingerprint density at radius 2 is 1.57 bits per heavy atom. The van der Waals surface area contributed by atoms with E-state index in [1.165, 1.54) is 4.90 Å². The molecular weight excluding hydrogens is 352 g/mol. The number of nitrogens with one attached hydrogen (secondary N) is 1. The number of allylic oxidation sites excluding steroid dienone is 2. The van der Waals surface area contributed by atoms with E-state index in [9.17, 15) is 14.4 Å². The van der Waals surface area contributed by atoms with Gasteiger partial charge in [-0.15, -0.1) is 0 Å². The number of nitrogens with zero attached hydrogens (tertiary/aromatic N) is 1. The van der Waals surface area contributed by atoms with Gasteiger partial charge < -0.3 is 5.32 Å². The normalized spacial score (nSPS) is 29.2. The molecule has 1 N–H and O–H groups in total. The number of fused-ring (bicyclic) bond motifs is 2. The predicted octanol–water partition coefficient (Wildman–Crippen LogP) is 3.36. The van der Waals surface area contributed by atoms with Gasteiger partial charge in [0.1, 0.15) is 6.04 Å². The zero-order valence-electron chi connectivity index (χ0n) is 15.7. The molecule has 2 aromatic rings. The van der Waals surface area contributed by atoms with E-state index in [4.69, 9.17) is 0 Å². The molecule has 0 radical (unpaired) electrons. The summed E-state index contributed by atoms with van der Waals surface area (Å²) in [6.45, 7) is 1.64. The minimum atomic E-state index is -0.830. The second-order valence-electron chi connectivity index (χ2n) is 8.08. The number of rotatable bonds is 3. The summed E-state index contributed by atoms with van der Waals surface area (Å²) in [7, 11) is 0. The highest BCUT2D eigenvalue weighted by Crippen LogP contribution is 2.50. The van der Waals surface area contributed by atoms with Crippen molar-refractivity contribution in [2.45, 2.75) is 25.8 Å². The summed E-state index contributed by atoms with van der Waals surface area (Å²) in [5.74, 6) is -1.02. The van der Waals surface area contributed by atoms with Crippen LogP contribution in [0.1, 0.15) is 19.8 Å². The second-order valence-corrected chi connectivity index (χ2v) is 8.08. The van der Waals surface area contributed by atoms with E-state index in [-0.39, 0.29) is 41.4 Å². The maximum atomic E-state index is 13.0. The summed E-state index contributed by atoms with van der Waals surface area (Å²) in [6, 6.07) is 12.7. The number of hydrogen-bond acceptors (Lipinski definition) is 3. The Balaban J connectivity index is 1.40. The third-order valence-electron chi connectivity index (χ3n) is 6.61. The fraction of sp³-hybridized carbons (Fsp3) is 0.348. The van der Waals surface area contributed by atoms with Crippen LogP contribution in [-0.2, 0) is 14.4 Å². The summed E-state index contributed by atoms with van der Waals surface area (Å²) < 4.78 is 0. The van der Waals surface area contributed by atoms with Gasteiger partial charge in [-0.1, -0.05) is 48.6 Å². The first kappa shape index (κ1) is 17.2. The lowest BCUT2D eigenvalue weighted by atomic mass is 9.63. The molecule has 3 amide bonds. The quantitative estimate of drug-likeness (QED) is 0.662. The van der Waals surface area contributed by atoms with E-state index in [2.05, 4.69) is 17.5 Å². The number of hydrogen-bond donors (Lipinski definition) is 1. The minimum Gasteiger partial charge on any atom is -0.324 e. The number of carbonyl (C=O) groups excluding carboxylic acids is 3. The molecule has 142 valence electrons. The first-order valence-corrected chi connectivity index (χ1v) is 9.90. The first-order chi connectivity index (χ1) is 13.6. The average molecular weight is 374 g/mol. The molecule has 3 aliphatic carbocycles. The van der Waals surface area contributed by atoms with Crippen LogP contribution in [0, 0.1) is 23.7 Å². The Labute approximate surface area is 163 Å². The standard InChI is InChI=1S/C23H22N2O3/c1-13(21(26)24-18-8-4-6-14-5-2-3-7-17(14)18)25-22(27)19-15-9-10-16(12-11-15)20(19)23(25)28/h2-10,13,15-16,19-20H,11-12H2,1H3,(H,24,26)/t13-,15-,16-,19-,20+/m0/s1. The molecule has 4 aliphatic rings. The lowest BCUT2D eigenvalue weighted by Crippen LogP contribution is -2.46. The molecule has 28 heavy (non-hydrogen) atoms. The molecule has 1 saturated heterocycles. The maximum Gasteiger partial charge on any atom is 0.247 e. The maximum absolute atomic E-state index is 13.0. The zero-order chi connectivity index (χ0) is 19.4. The first-order valence-electron chi connectivity index (χ1n) is 9.90. The molecule has 5 nitrogen and oxygen atoms in total. The van der Waals surface area contributed by atoms with Gasteiger partial charge in [0.05, 0.1) is 11.8 Å². The van der Waals surface area contributed by atoms with Gasteiger partial charge >= 0.3 is 0 Å². The molecule has 1 aliphatic heterocycles. The summed E-state index contributed by atoms with van der Waals surface area (Å²) in [4.78, 5) is 40.2. The van der Waals surface area contributed by atoms with E-state index in [0.29, 0.717) is 5.69 Å². The van der Waals surface area contributed by atoms with Crippen LogP contribution in [0.25, 0.3) is 10.8 Å². The Bertz CT molecular complexity index is 990. The largest absolute Gasteiger partial charge is 0.324 e. The van der Waals surface area contributed by atoms with E-state index in [0.717, 1.165) is 23.6 Å². The van der Waals surface area contributed by atoms with Crippen molar-refractivity contribution in [2.75, 3.05) is 5.32 Å². The van der Waals surface area contributed by atoms with Gasteiger partial charge in [-0.05, 0) is 43.1 Å². The van der Waals surface area contributed by atoms with Crippen LogP contribution in [-0.4, -0.2) is 28.7 Å². The Kier molecular flexibility index (Phi) is 3.86. The molecule has 0 spiro atoms. The fourth-order valence-corrected chi connectivity index (χ4v) is 5.17. The third-order valence-corrected chi connectivity index (χ3v) is 6.61. The number of likely N-dealkylation sites (tertiary alicyclic amines) is 1. The van der Waals surface area contributed by atoms with Crippen molar-refractivity contribution >= 4 is 34.2 Å². The van der Waals surface area contributed by atoms with Crippen LogP contribution in [0.5, 0.6) is 0 Å². The number of imide groups is 1. The van der Waals surface area contributed by atoms with Crippen LogP contribution < -0.4 is 5.32 Å². The van der Waals surface area contributed by atoms with Gasteiger partial charge in [-0.3, -0.25) is 19.3 Å². The van der Waals surface area contributed by atoms with E-state index in [1.807, 2.05) is 42.5 Å². The minimum absolute atomic E-state index is 0.129. The Morgan fingerprint density at radius 1 is 0.964 bits per heavy atom. The van der Waals surface area contributed by atoms with Crippen LogP contribution >= 0.6 is 0 Å². The number of anilines is 1. The highest BCUT2D eigenvalue weighted by Gasteiger charge is 2.58. The molecule has 2 bridgehead atoms. The van der Waals surface area contributed by atoms with E-state index in [1.54, 1.807) is 6.92 Å². The molecule has 2 aromatic carbocycles. The highest BCUT2D eigenvalue weighted by atomic mass is 16.2. The Morgan fingerprint density at radius 3 is 2.21 bits per heavy atom. The van der Waals surface area contributed by atoms with Crippen molar-refractivity contribution in [3.05, 3.63) is 54.6 Å². The van der Waals surface area contributed by atoms with Crippen molar-refractivity contribution in [3.63, 3.8) is 0 Å². The summed E-state index contributed by atoms with van der Waals surface area (Å²) in [5, 5.41) is 4.88. The molecule has 0 aromatic heterocycles. The molecule has 5 atom stereocenters. The molecule has 1 saturated carbocycles. The molecular formula is C23H22N2O3. The van der Waals surface area contributed by atoms with Crippen molar-refractivity contribution < 1.29 is 14.4 Å². The fourth-order valence-electron chi connectivity index (χ4n) is 5.17. The molecule has 2 fully saturated rings. The monoisotopic (exact) mass is 374 g/mol. The second kappa shape index (κ2) is 6.30. The summed E-state index contributed by atoms with van der Waals surface area (Å²) >= 11 is 0. The van der Waals surface area contributed by atoms with E-state index < -0.39 is 6.04 Å². The third kappa shape index (κ3) is 2.42. The van der Waals surface area contributed by atoms with Crippen molar-refractivity contribution in [2.24, 2.45) is 23.7 Å². The lowest BCUT2D eigenvalue weighted by Gasteiger charge is -2.38. The van der Waals surface area contributed by atoms with Crippen LogP contribution in [0.15, 0.2) is 54.6 Å². The van der Waals surface area contributed by atoms with Gasteiger partial charge in [0, 0.05) is 11.1 Å². The highest BCUT2D eigenvalue weighted by molar-refractivity contribution is 6.11. The molecule has 0 unspecified atom stereocenters.